The fourth-order valence-electron chi connectivity index (χ4n) is 3.22. The third kappa shape index (κ3) is 5.02. The number of benzene rings is 2. The van der Waals surface area contributed by atoms with Crippen LogP contribution in [0.15, 0.2) is 59.5 Å². The van der Waals surface area contributed by atoms with Crippen LogP contribution in [0, 0.1) is 0 Å². The first-order valence-corrected chi connectivity index (χ1v) is 10.9. The molecular weight excluding hydrogens is 392 g/mol. The highest BCUT2D eigenvalue weighted by Crippen LogP contribution is 2.21. The maximum absolute atomic E-state index is 12.8. The van der Waals surface area contributed by atoms with Gasteiger partial charge in [0, 0.05) is 44.6 Å². The van der Waals surface area contributed by atoms with Crippen molar-refractivity contribution >= 4 is 21.7 Å². The molecule has 0 unspecified atom stereocenters. The molecule has 1 fully saturated rings. The highest BCUT2D eigenvalue weighted by atomic mass is 32.2. The summed E-state index contributed by atoms with van der Waals surface area (Å²) in [5.74, 6) is 0.389. The first kappa shape index (κ1) is 21.0. The van der Waals surface area contributed by atoms with Crippen LogP contribution in [0.2, 0.25) is 0 Å². The van der Waals surface area contributed by atoms with Gasteiger partial charge in [0.25, 0.3) is 0 Å². The zero-order valence-electron chi connectivity index (χ0n) is 16.3. The Labute approximate surface area is 170 Å². The highest BCUT2D eigenvalue weighted by Gasteiger charge is 2.30. The van der Waals surface area contributed by atoms with Crippen molar-refractivity contribution in [1.29, 1.82) is 0 Å². The molecule has 1 saturated heterocycles. The molecule has 0 N–H and O–H groups in total. The second-order valence-corrected chi connectivity index (χ2v) is 8.69. The molecule has 2 aromatic rings. The Morgan fingerprint density at radius 3 is 2.10 bits per heavy atom. The number of hydrogen-bond donors (Lipinski definition) is 0. The number of hydrogen-bond acceptors (Lipinski definition) is 5. The normalized spacial score (nSPS) is 15.1. The van der Waals surface area contributed by atoms with Crippen LogP contribution in [0.1, 0.15) is 23.2 Å². The van der Waals surface area contributed by atoms with E-state index < -0.39 is 10.0 Å². The summed E-state index contributed by atoms with van der Waals surface area (Å²) in [4.78, 5) is 26.4. The zero-order valence-corrected chi connectivity index (χ0v) is 17.1. The van der Waals surface area contributed by atoms with E-state index in [4.69, 9.17) is 4.74 Å². The van der Waals surface area contributed by atoms with E-state index in [-0.39, 0.29) is 42.5 Å². The molecule has 0 radical (unpaired) electrons. The molecule has 2 aromatic carbocycles. The van der Waals surface area contributed by atoms with Crippen LogP contribution in [0.25, 0.3) is 0 Å². The first-order chi connectivity index (χ1) is 13.9. The summed E-state index contributed by atoms with van der Waals surface area (Å²) < 4.78 is 32.0. The topological polar surface area (TPSA) is 84.0 Å². The van der Waals surface area contributed by atoms with Gasteiger partial charge in [0.1, 0.15) is 5.75 Å². The Hall–Kier alpha value is -2.71. The van der Waals surface area contributed by atoms with Crippen LogP contribution < -0.4 is 4.74 Å². The first-order valence-electron chi connectivity index (χ1n) is 9.42. The lowest BCUT2D eigenvalue weighted by Crippen LogP contribution is -2.50. The second kappa shape index (κ2) is 9.19. The fourth-order valence-corrected chi connectivity index (χ4v) is 4.64. The number of amides is 1. The van der Waals surface area contributed by atoms with Gasteiger partial charge in [-0.1, -0.05) is 30.3 Å². The Balaban J connectivity index is 1.52. The molecule has 0 aliphatic carbocycles. The molecule has 0 atom stereocenters. The SMILES string of the molecule is COc1ccc(S(=O)(=O)N2CCN(C(=O)CCC(=O)c3ccccc3)CC2)cc1. The maximum Gasteiger partial charge on any atom is 0.243 e. The molecule has 3 rings (SSSR count). The minimum absolute atomic E-state index is 0.0698. The van der Waals surface area contributed by atoms with E-state index in [1.54, 1.807) is 41.3 Å². The average molecular weight is 416 g/mol. The van der Waals surface area contributed by atoms with Crippen molar-refractivity contribution in [3.63, 3.8) is 0 Å². The standard InChI is InChI=1S/C21H24N2O5S/c1-28-18-7-9-19(10-8-18)29(26,27)23-15-13-22(14-16-23)21(25)12-11-20(24)17-5-3-2-4-6-17/h2-10H,11-16H2,1H3. The van der Waals surface area contributed by atoms with E-state index in [2.05, 4.69) is 0 Å². The van der Waals surface area contributed by atoms with Crippen molar-refractivity contribution < 1.29 is 22.7 Å². The number of rotatable bonds is 7. The molecule has 154 valence electrons. The van der Waals surface area contributed by atoms with Gasteiger partial charge in [0.15, 0.2) is 5.78 Å². The van der Waals surface area contributed by atoms with Gasteiger partial charge in [-0.2, -0.15) is 4.31 Å². The summed E-state index contributed by atoms with van der Waals surface area (Å²) in [5, 5.41) is 0. The summed E-state index contributed by atoms with van der Waals surface area (Å²) in [5.41, 5.74) is 0.593. The van der Waals surface area contributed by atoms with Crippen molar-refractivity contribution in [1.82, 2.24) is 9.21 Å². The molecule has 7 nitrogen and oxygen atoms in total. The molecule has 1 aliphatic rings. The van der Waals surface area contributed by atoms with E-state index >= 15 is 0 Å². The van der Waals surface area contributed by atoms with Crippen LogP contribution in [0.5, 0.6) is 5.75 Å². The van der Waals surface area contributed by atoms with E-state index in [0.717, 1.165) is 0 Å². The lowest BCUT2D eigenvalue weighted by molar-refractivity contribution is -0.132. The van der Waals surface area contributed by atoms with Crippen molar-refractivity contribution in [3.05, 3.63) is 60.2 Å². The van der Waals surface area contributed by atoms with E-state index in [9.17, 15) is 18.0 Å². The lowest BCUT2D eigenvalue weighted by atomic mass is 10.1. The van der Waals surface area contributed by atoms with Gasteiger partial charge < -0.3 is 9.64 Å². The van der Waals surface area contributed by atoms with Crippen LogP contribution in [-0.4, -0.2) is 62.6 Å². The quantitative estimate of drug-likeness (QED) is 0.646. The number of carbonyl (C=O) groups is 2. The predicted molar refractivity (Wildman–Crippen MR) is 108 cm³/mol. The number of piperazine rings is 1. The third-order valence-corrected chi connectivity index (χ3v) is 6.86. The third-order valence-electron chi connectivity index (χ3n) is 4.95. The average Bonchev–Trinajstić information content (AvgIpc) is 2.78. The number of ketones is 1. The molecular formula is C21H24N2O5S. The van der Waals surface area contributed by atoms with Crippen LogP contribution in [0.3, 0.4) is 0 Å². The highest BCUT2D eigenvalue weighted by molar-refractivity contribution is 7.89. The molecule has 29 heavy (non-hydrogen) atoms. The van der Waals surface area contributed by atoms with Gasteiger partial charge in [-0.15, -0.1) is 0 Å². The van der Waals surface area contributed by atoms with Gasteiger partial charge in [-0.05, 0) is 24.3 Å². The Bertz CT molecular complexity index is 950. The monoisotopic (exact) mass is 416 g/mol. The molecule has 1 amide bonds. The lowest BCUT2D eigenvalue weighted by Gasteiger charge is -2.34. The zero-order chi connectivity index (χ0) is 20.9. The van der Waals surface area contributed by atoms with Gasteiger partial charge in [0.2, 0.25) is 15.9 Å². The van der Waals surface area contributed by atoms with E-state index in [1.165, 1.54) is 23.5 Å². The molecule has 1 aliphatic heterocycles. The Morgan fingerprint density at radius 1 is 0.897 bits per heavy atom. The van der Waals surface area contributed by atoms with Crippen molar-refractivity contribution in [2.75, 3.05) is 33.3 Å². The summed E-state index contributed by atoms with van der Waals surface area (Å²) >= 11 is 0. The smallest absolute Gasteiger partial charge is 0.243 e. The van der Waals surface area contributed by atoms with E-state index in [1.807, 2.05) is 6.07 Å². The van der Waals surface area contributed by atoms with Gasteiger partial charge in [-0.3, -0.25) is 9.59 Å². The maximum atomic E-state index is 12.8. The minimum Gasteiger partial charge on any atom is -0.497 e. The number of sulfonamides is 1. The van der Waals surface area contributed by atoms with Crippen molar-refractivity contribution in [3.8, 4) is 5.75 Å². The number of carbonyl (C=O) groups excluding carboxylic acids is 2. The van der Waals surface area contributed by atoms with Gasteiger partial charge in [0.05, 0.1) is 12.0 Å². The number of nitrogens with zero attached hydrogens (tertiary/aromatic N) is 2. The fraction of sp³-hybridized carbons (Fsp3) is 0.333. The summed E-state index contributed by atoms with van der Waals surface area (Å²) in [7, 11) is -2.09. The van der Waals surface area contributed by atoms with Crippen molar-refractivity contribution in [2.24, 2.45) is 0 Å². The Kier molecular flexibility index (Phi) is 6.66. The molecule has 8 heteroatoms. The number of Topliss-reactive ketones (excluding diaryl/α,β-unsaturated/α-hetero) is 1. The largest absolute Gasteiger partial charge is 0.497 e. The molecule has 0 aromatic heterocycles. The Morgan fingerprint density at radius 2 is 1.52 bits per heavy atom. The van der Waals surface area contributed by atoms with Crippen molar-refractivity contribution in [2.45, 2.75) is 17.7 Å². The summed E-state index contributed by atoms with van der Waals surface area (Å²) in [6.07, 6.45) is 0.270. The van der Waals surface area contributed by atoms with Gasteiger partial charge in [-0.25, -0.2) is 8.42 Å². The van der Waals surface area contributed by atoms with Crippen LogP contribution in [-0.2, 0) is 14.8 Å². The molecule has 0 spiro atoms. The predicted octanol–water partition coefficient (Wildman–Crippen LogP) is 2.19. The number of methoxy groups -OCH3 is 1. The summed E-state index contributed by atoms with van der Waals surface area (Å²) in [6, 6.07) is 15.1. The molecule has 0 saturated carbocycles. The minimum atomic E-state index is -3.61. The molecule has 1 heterocycles. The van der Waals surface area contributed by atoms with Crippen LogP contribution >= 0.6 is 0 Å². The van der Waals surface area contributed by atoms with Gasteiger partial charge >= 0.3 is 0 Å². The van der Waals surface area contributed by atoms with Crippen LogP contribution in [0.4, 0.5) is 0 Å². The second-order valence-electron chi connectivity index (χ2n) is 6.75. The molecule has 0 bridgehead atoms. The number of ether oxygens (including phenoxy) is 1. The van der Waals surface area contributed by atoms with E-state index in [0.29, 0.717) is 24.4 Å². The summed E-state index contributed by atoms with van der Waals surface area (Å²) in [6.45, 7) is 1.08.